The standard InChI is InChI=1S/C22H30N4O5S2/c1-22(28,13-31-10-9-30-2)20-24-12-18(32-20)33(23,29)26-21(27)25-19-16-7-3-5-14(16)11-15-6-4-8-17(15)19/h11-12,28H,3-10,13H2,1-2H3,(H3,23,25,26,27,29). The molecule has 1 aromatic carbocycles. The Kier molecular flexibility index (Phi) is 7.18. The van der Waals surface area contributed by atoms with Crippen molar-refractivity contribution in [2.45, 2.75) is 55.3 Å². The van der Waals surface area contributed by atoms with E-state index in [1.807, 2.05) is 0 Å². The van der Waals surface area contributed by atoms with Crippen LogP contribution in [0.15, 0.2) is 20.8 Å². The zero-order valence-corrected chi connectivity index (χ0v) is 20.5. The Labute approximate surface area is 198 Å². The van der Waals surface area contributed by atoms with Crippen LogP contribution in [0.25, 0.3) is 0 Å². The average molecular weight is 495 g/mol. The second kappa shape index (κ2) is 9.77. The number of carbonyl (C=O) groups excluding carboxylic acids is 1. The molecule has 33 heavy (non-hydrogen) atoms. The van der Waals surface area contributed by atoms with Crippen LogP contribution < -0.4 is 10.5 Å². The van der Waals surface area contributed by atoms with Gasteiger partial charge in [-0.15, -0.1) is 15.7 Å². The van der Waals surface area contributed by atoms with Gasteiger partial charge in [0, 0.05) is 12.8 Å². The zero-order valence-electron chi connectivity index (χ0n) is 18.9. The van der Waals surface area contributed by atoms with Crippen molar-refractivity contribution in [1.82, 2.24) is 4.98 Å². The largest absolute Gasteiger partial charge is 0.382 e. The summed E-state index contributed by atoms with van der Waals surface area (Å²) in [4.78, 5) is 16.9. The molecule has 2 atom stereocenters. The number of aryl methyl sites for hydroxylation is 2. The van der Waals surface area contributed by atoms with Crippen LogP contribution in [0, 0.1) is 0 Å². The van der Waals surface area contributed by atoms with Crippen LogP contribution in [-0.4, -0.2) is 47.3 Å². The number of anilines is 1. The Bertz CT molecular complexity index is 1140. The highest BCUT2D eigenvalue weighted by Crippen LogP contribution is 2.38. The van der Waals surface area contributed by atoms with Crippen molar-refractivity contribution in [3.8, 4) is 0 Å². The maximum absolute atomic E-state index is 13.1. The van der Waals surface area contributed by atoms with Gasteiger partial charge in [-0.1, -0.05) is 6.07 Å². The molecule has 2 aliphatic carbocycles. The second-order valence-electron chi connectivity index (χ2n) is 8.63. The normalized spacial score (nSPS) is 18.3. The number of nitrogens with one attached hydrogen (secondary N) is 1. The van der Waals surface area contributed by atoms with E-state index >= 15 is 0 Å². The fraction of sp³-hybridized carbons (Fsp3) is 0.545. The Morgan fingerprint density at radius 3 is 2.58 bits per heavy atom. The predicted molar refractivity (Wildman–Crippen MR) is 127 cm³/mol. The molecule has 4 N–H and O–H groups in total. The monoisotopic (exact) mass is 494 g/mol. The molecule has 0 spiro atoms. The molecule has 2 aromatic rings. The maximum atomic E-state index is 13.1. The van der Waals surface area contributed by atoms with Gasteiger partial charge in [-0.3, -0.25) is 0 Å². The van der Waals surface area contributed by atoms with E-state index in [-0.39, 0.29) is 15.8 Å². The molecule has 0 aliphatic heterocycles. The minimum atomic E-state index is -3.53. The number of nitrogens with two attached hydrogens (primary N) is 1. The third-order valence-electron chi connectivity index (χ3n) is 5.97. The number of aromatic nitrogens is 1. The van der Waals surface area contributed by atoms with Gasteiger partial charge < -0.3 is 19.9 Å². The summed E-state index contributed by atoms with van der Waals surface area (Å²) in [6.45, 7) is 2.25. The summed E-state index contributed by atoms with van der Waals surface area (Å²) in [5.41, 5.74) is 4.30. The zero-order chi connectivity index (χ0) is 23.6. The van der Waals surface area contributed by atoms with Crippen LogP contribution in [0.5, 0.6) is 0 Å². The molecule has 1 aromatic heterocycles. The number of amides is 2. The molecule has 11 heteroatoms. The number of thiazole rings is 1. The van der Waals surface area contributed by atoms with Crippen LogP contribution in [-0.2, 0) is 50.7 Å². The topological polar surface area (TPSA) is 136 Å². The van der Waals surface area contributed by atoms with E-state index in [2.05, 4.69) is 20.7 Å². The lowest BCUT2D eigenvalue weighted by molar-refractivity contribution is -0.0479. The molecular formula is C22H30N4O5S2. The van der Waals surface area contributed by atoms with Crippen molar-refractivity contribution in [2.75, 3.05) is 32.2 Å². The molecule has 4 rings (SSSR count). The first-order valence-electron chi connectivity index (χ1n) is 11.0. The van der Waals surface area contributed by atoms with Gasteiger partial charge in [0.05, 0.1) is 26.0 Å². The van der Waals surface area contributed by atoms with Gasteiger partial charge in [0.2, 0.25) is 0 Å². The van der Waals surface area contributed by atoms with E-state index in [1.165, 1.54) is 17.3 Å². The lowest BCUT2D eigenvalue weighted by Gasteiger charge is -2.20. The lowest BCUT2D eigenvalue weighted by atomic mass is 9.99. The number of urea groups is 1. The first-order valence-corrected chi connectivity index (χ1v) is 13.4. The molecule has 2 unspecified atom stereocenters. The Morgan fingerprint density at radius 1 is 1.27 bits per heavy atom. The van der Waals surface area contributed by atoms with Crippen molar-refractivity contribution >= 4 is 33.0 Å². The number of hydrogen-bond donors (Lipinski definition) is 3. The van der Waals surface area contributed by atoms with Crippen molar-refractivity contribution in [2.24, 2.45) is 9.50 Å². The van der Waals surface area contributed by atoms with E-state index in [1.54, 1.807) is 14.0 Å². The predicted octanol–water partition coefficient (Wildman–Crippen LogP) is 2.92. The highest BCUT2D eigenvalue weighted by Gasteiger charge is 2.29. The van der Waals surface area contributed by atoms with Crippen LogP contribution in [0.4, 0.5) is 10.5 Å². The first-order chi connectivity index (χ1) is 15.7. The van der Waals surface area contributed by atoms with E-state index in [0.29, 0.717) is 13.2 Å². The Balaban J connectivity index is 1.52. The first kappa shape index (κ1) is 24.2. The van der Waals surface area contributed by atoms with Crippen molar-refractivity contribution in [3.05, 3.63) is 39.5 Å². The Morgan fingerprint density at radius 2 is 1.94 bits per heavy atom. The van der Waals surface area contributed by atoms with Gasteiger partial charge in [0.1, 0.15) is 14.8 Å². The molecule has 2 amide bonds. The number of hydrogen-bond acceptors (Lipinski definition) is 7. The van der Waals surface area contributed by atoms with Gasteiger partial charge in [0.25, 0.3) is 0 Å². The summed E-state index contributed by atoms with van der Waals surface area (Å²) in [6.07, 6.45) is 7.26. The smallest absolute Gasteiger partial charge is 0.354 e. The van der Waals surface area contributed by atoms with E-state index in [4.69, 9.17) is 14.6 Å². The SMILES string of the molecule is COCCOCC(C)(O)c1ncc(S(N)(=O)=NC(=O)Nc2c3c(cc4c2CCC4)CCC3)s1. The molecule has 1 heterocycles. The van der Waals surface area contributed by atoms with Crippen LogP contribution in [0.1, 0.15) is 47.0 Å². The summed E-state index contributed by atoms with van der Waals surface area (Å²) in [5.74, 6) is 0. The molecule has 0 fully saturated rings. The number of aliphatic hydroxyl groups is 1. The second-order valence-corrected chi connectivity index (χ2v) is 11.7. The van der Waals surface area contributed by atoms with Gasteiger partial charge in [-0.2, -0.15) is 0 Å². The number of ether oxygens (including phenoxy) is 2. The van der Waals surface area contributed by atoms with Gasteiger partial charge in [-0.05, 0) is 67.7 Å². The molecular weight excluding hydrogens is 464 g/mol. The number of rotatable bonds is 8. The average Bonchev–Trinajstić information content (AvgIpc) is 3.50. The van der Waals surface area contributed by atoms with Gasteiger partial charge in [-0.25, -0.2) is 19.1 Å². The molecule has 180 valence electrons. The molecule has 2 aliphatic rings. The van der Waals surface area contributed by atoms with Gasteiger partial charge in [0.15, 0.2) is 9.92 Å². The minimum Gasteiger partial charge on any atom is -0.382 e. The third kappa shape index (κ3) is 5.28. The van der Waals surface area contributed by atoms with Crippen LogP contribution in [0.3, 0.4) is 0 Å². The van der Waals surface area contributed by atoms with Gasteiger partial charge >= 0.3 is 6.03 Å². The van der Waals surface area contributed by atoms with E-state index in [9.17, 15) is 14.1 Å². The number of fused-ring (bicyclic) bond motifs is 2. The summed E-state index contributed by atoms with van der Waals surface area (Å²) < 4.78 is 27.3. The number of nitrogens with zero attached hydrogens (tertiary/aromatic N) is 2. The quantitative estimate of drug-likeness (QED) is 0.483. The van der Waals surface area contributed by atoms with Crippen LogP contribution in [0.2, 0.25) is 0 Å². The highest BCUT2D eigenvalue weighted by atomic mass is 32.2. The number of benzene rings is 1. The molecule has 0 saturated carbocycles. The summed E-state index contributed by atoms with van der Waals surface area (Å²) in [7, 11) is -1.97. The van der Waals surface area contributed by atoms with E-state index < -0.39 is 21.5 Å². The van der Waals surface area contributed by atoms with Crippen molar-refractivity contribution in [3.63, 3.8) is 0 Å². The molecule has 0 radical (unpaired) electrons. The maximum Gasteiger partial charge on any atom is 0.354 e. The molecule has 0 saturated heterocycles. The summed E-state index contributed by atoms with van der Waals surface area (Å²) in [6, 6.07) is 1.54. The Hall–Kier alpha value is -1.89. The minimum absolute atomic E-state index is 0.0169. The van der Waals surface area contributed by atoms with E-state index in [0.717, 1.165) is 66.7 Å². The summed E-state index contributed by atoms with van der Waals surface area (Å²) in [5, 5.41) is 19.8. The van der Waals surface area contributed by atoms with Crippen LogP contribution >= 0.6 is 11.3 Å². The molecule has 9 nitrogen and oxygen atoms in total. The highest BCUT2D eigenvalue weighted by molar-refractivity contribution is 7.93. The lowest BCUT2D eigenvalue weighted by Crippen LogP contribution is -2.28. The number of carbonyl (C=O) groups is 1. The fourth-order valence-electron chi connectivity index (χ4n) is 4.38. The summed E-state index contributed by atoms with van der Waals surface area (Å²) >= 11 is 0.952. The fourth-order valence-corrected chi connectivity index (χ4v) is 6.48. The van der Waals surface area contributed by atoms with Crippen molar-refractivity contribution in [1.29, 1.82) is 0 Å². The third-order valence-corrected chi connectivity index (χ3v) is 9.10. The molecule has 0 bridgehead atoms. The van der Waals surface area contributed by atoms with Crippen molar-refractivity contribution < 1.29 is 23.6 Å². The number of methoxy groups -OCH3 is 1.